The number of rotatable bonds is 8. The zero-order valence-electron chi connectivity index (χ0n) is 15.8. The van der Waals surface area contributed by atoms with E-state index in [1.54, 1.807) is 4.90 Å². The summed E-state index contributed by atoms with van der Waals surface area (Å²) < 4.78 is 48.0. The topological polar surface area (TPSA) is 88.0 Å². The first-order valence-corrected chi connectivity index (χ1v) is 10.8. The fourth-order valence-electron chi connectivity index (χ4n) is 2.97. The van der Waals surface area contributed by atoms with Crippen LogP contribution in [0.25, 0.3) is 0 Å². The van der Waals surface area contributed by atoms with E-state index in [1.807, 2.05) is 0 Å². The molecule has 1 aliphatic heterocycles. The van der Waals surface area contributed by atoms with Gasteiger partial charge in [-0.15, -0.1) is 0 Å². The average Bonchev–Trinajstić information content (AvgIpc) is 2.68. The number of unbranched alkanes of at least 4 members (excludes halogenated alkanes) is 1. The number of nitrogens with zero attached hydrogens (tertiary/aromatic N) is 1. The Balaban J connectivity index is 1.87. The number of amides is 2. The second-order valence-electron chi connectivity index (χ2n) is 6.75. The normalized spacial score (nSPS) is 15.6. The van der Waals surface area contributed by atoms with Gasteiger partial charge in [0.2, 0.25) is 9.84 Å². The predicted molar refractivity (Wildman–Crippen MR) is 99.0 cm³/mol. The molecule has 0 unspecified atom stereocenters. The van der Waals surface area contributed by atoms with Crippen molar-refractivity contribution < 1.29 is 31.7 Å². The second-order valence-corrected chi connectivity index (χ2v) is 8.67. The molecule has 0 aromatic heterocycles. The van der Waals surface area contributed by atoms with Crippen LogP contribution in [0.1, 0.15) is 30.1 Å². The number of carbonyl (C=O) groups is 2. The van der Waals surface area contributed by atoms with Crippen LogP contribution in [0.2, 0.25) is 0 Å². The number of benzene rings is 1. The van der Waals surface area contributed by atoms with E-state index in [1.165, 1.54) is 12.1 Å². The molecule has 2 N–H and O–H groups in total. The third kappa shape index (κ3) is 5.71. The van der Waals surface area contributed by atoms with Gasteiger partial charge in [0, 0.05) is 12.1 Å². The van der Waals surface area contributed by atoms with Gasteiger partial charge >= 0.3 is 5.76 Å². The van der Waals surface area contributed by atoms with Crippen molar-refractivity contribution in [2.75, 3.05) is 39.3 Å². The van der Waals surface area contributed by atoms with Gasteiger partial charge in [0.15, 0.2) is 6.54 Å². The van der Waals surface area contributed by atoms with Crippen molar-refractivity contribution in [1.82, 2.24) is 10.2 Å². The minimum atomic E-state index is -4.67. The fourth-order valence-corrected chi connectivity index (χ4v) is 3.69. The molecule has 1 fully saturated rings. The van der Waals surface area contributed by atoms with Crippen molar-refractivity contribution in [2.45, 2.75) is 30.4 Å². The van der Waals surface area contributed by atoms with E-state index in [4.69, 9.17) is 0 Å². The zero-order valence-corrected chi connectivity index (χ0v) is 16.6. The van der Waals surface area contributed by atoms with Crippen LogP contribution in [0.5, 0.6) is 0 Å². The number of carbonyl (C=O) groups excluding carboxylic acids is 2. The van der Waals surface area contributed by atoms with Crippen molar-refractivity contribution in [3.63, 3.8) is 0 Å². The van der Waals surface area contributed by atoms with Gasteiger partial charge < -0.3 is 15.1 Å². The van der Waals surface area contributed by atoms with Crippen LogP contribution < -0.4 is 10.2 Å². The summed E-state index contributed by atoms with van der Waals surface area (Å²) in [6, 6.07) is 4.55. The van der Waals surface area contributed by atoms with Gasteiger partial charge in [-0.25, -0.2) is 8.42 Å². The van der Waals surface area contributed by atoms with Crippen molar-refractivity contribution in [3.8, 4) is 0 Å². The van der Waals surface area contributed by atoms with E-state index >= 15 is 0 Å². The maximum absolute atomic E-state index is 12.6. The first-order valence-electron chi connectivity index (χ1n) is 9.27. The Hall–Kier alpha value is -2.07. The molecular formula is C18H26F2N3O4S+. The minimum absolute atomic E-state index is 0.000875. The molecule has 0 bridgehead atoms. The van der Waals surface area contributed by atoms with Crippen LogP contribution in [0.15, 0.2) is 29.2 Å². The lowest BCUT2D eigenvalue weighted by molar-refractivity contribution is -0.896. The number of sulfone groups is 1. The molecular weight excluding hydrogens is 392 g/mol. The Bertz CT molecular complexity index is 777. The molecule has 7 nitrogen and oxygen atoms in total. The van der Waals surface area contributed by atoms with Gasteiger partial charge in [0.25, 0.3) is 11.8 Å². The van der Waals surface area contributed by atoms with Crippen LogP contribution in [0.4, 0.5) is 8.78 Å². The Morgan fingerprint density at radius 2 is 1.79 bits per heavy atom. The summed E-state index contributed by atoms with van der Waals surface area (Å²) in [5, 5.41) is 2.87. The second kappa shape index (κ2) is 9.92. The highest BCUT2D eigenvalue weighted by Gasteiger charge is 2.28. The van der Waals surface area contributed by atoms with Crippen molar-refractivity contribution in [3.05, 3.63) is 29.8 Å². The third-order valence-electron chi connectivity index (χ3n) is 4.69. The van der Waals surface area contributed by atoms with Crippen LogP contribution in [0.3, 0.4) is 0 Å². The maximum Gasteiger partial charge on any atom is 0.341 e. The van der Waals surface area contributed by atoms with E-state index in [0.717, 1.165) is 29.9 Å². The molecule has 1 aromatic carbocycles. The van der Waals surface area contributed by atoms with Gasteiger partial charge in [-0.2, -0.15) is 8.78 Å². The summed E-state index contributed by atoms with van der Waals surface area (Å²) >= 11 is 0. The lowest BCUT2D eigenvalue weighted by Crippen LogP contribution is -3.15. The largest absolute Gasteiger partial charge is 0.351 e. The summed E-state index contributed by atoms with van der Waals surface area (Å²) in [5.74, 6) is -3.78. The third-order valence-corrected chi connectivity index (χ3v) is 6.08. The fraction of sp³-hybridized carbons (Fsp3) is 0.556. The summed E-state index contributed by atoms with van der Waals surface area (Å²) in [4.78, 5) is 26.6. The number of hydrogen-bond donors (Lipinski definition) is 2. The highest BCUT2D eigenvalue weighted by atomic mass is 32.2. The summed E-state index contributed by atoms with van der Waals surface area (Å²) in [7, 11) is -4.67. The SMILES string of the molecule is CCCCNC(=O)C[NH+]1CCN(C(=O)c2ccc(S(=O)(=O)C(F)F)cc2)CC1. The molecule has 156 valence electrons. The number of quaternary nitrogens is 1. The molecule has 2 rings (SSSR count). The lowest BCUT2D eigenvalue weighted by Gasteiger charge is -2.32. The van der Waals surface area contributed by atoms with E-state index in [9.17, 15) is 26.8 Å². The van der Waals surface area contributed by atoms with Crippen molar-refractivity contribution >= 4 is 21.7 Å². The maximum atomic E-state index is 12.6. The van der Waals surface area contributed by atoms with Gasteiger partial charge in [-0.05, 0) is 30.7 Å². The Kier molecular flexibility index (Phi) is 7.88. The molecule has 1 aromatic rings. The quantitative estimate of drug-likeness (QED) is 0.579. The molecule has 2 amide bonds. The molecule has 1 saturated heterocycles. The van der Waals surface area contributed by atoms with Crippen molar-refractivity contribution in [2.24, 2.45) is 0 Å². The van der Waals surface area contributed by atoms with Gasteiger partial charge in [-0.3, -0.25) is 9.59 Å². The minimum Gasteiger partial charge on any atom is -0.351 e. The van der Waals surface area contributed by atoms with Crippen LogP contribution >= 0.6 is 0 Å². The number of hydrogen-bond acceptors (Lipinski definition) is 4. The molecule has 0 spiro atoms. The summed E-state index contributed by atoms with van der Waals surface area (Å²) in [6.45, 7) is 5.28. The Morgan fingerprint density at radius 3 is 2.32 bits per heavy atom. The number of halogens is 2. The summed E-state index contributed by atoms with van der Waals surface area (Å²) in [6.07, 6.45) is 1.96. The van der Waals surface area contributed by atoms with Crippen molar-refractivity contribution in [1.29, 1.82) is 0 Å². The van der Waals surface area contributed by atoms with E-state index < -0.39 is 20.5 Å². The summed E-state index contributed by atoms with van der Waals surface area (Å²) in [5.41, 5.74) is 0.244. The van der Waals surface area contributed by atoms with E-state index in [2.05, 4.69) is 12.2 Å². The first kappa shape index (κ1) is 22.2. The molecule has 0 radical (unpaired) electrons. The van der Waals surface area contributed by atoms with Gasteiger partial charge in [0.05, 0.1) is 31.1 Å². The van der Waals surface area contributed by atoms with Gasteiger partial charge in [-0.1, -0.05) is 13.3 Å². The molecule has 1 aliphatic rings. The molecule has 0 atom stereocenters. The smallest absolute Gasteiger partial charge is 0.341 e. The number of piperazine rings is 1. The number of alkyl halides is 2. The zero-order chi connectivity index (χ0) is 20.7. The van der Waals surface area contributed by atoms with E-state index in [-0.39, 0.29) is 17.4 Å². The van der Waals surface area contributed by atoms with E-state index in [0.29, 0.717) is 39.3 Å². The molecule has 28 heavy (non-hydrogen) atoms. The molecule has 0 saturated carbocycles. The Morgan fingerprint density at radius 1 is 1.18 bits per heavy atom. The lowest BCUT2D eigenvalue weighted by atomic mass is 10.2. The average molecular weight is 418 g/mol. The predicted octanol–water partition coefficient (Wildman–Crippen LogP) is -0.0601. The highest BCUT2D eigenvalue weighted by molar-refractivity contribution is 7.91. The van der Waals surface area contributed by atoms with Gasteiger partial charge in [0.1, 0.15) is 0 Å². The standard InChI is InChI=1S/C18H25F2N3O4S/c1-2-3-8-21-16(24)13-22-9-11-23(12-10-22)17(25)14-4-6-15(7-5-14)28(26,27)18(19)20/h4-7,18H,2-3,8-13H2,1H3,(H,21,24)/p+1. The first-order chi connectivity index (χ1) is 13.3. The van der Waals surface area contributed by atoms with Crippen LogP contribution in [-0.4, -0.2) is 70.2 Å². The number of nitrogens with one attached hydrogen (secondary N) is 2. The monoisotopic (exact) mass is 418 g/mol. The van der Waals surface area contributed by atoms with Crippen LogP contribution in [0, 0.1) is 0 Å². The highest BCUT2D eigenvalue weighted by Crippen LogP contribution is 2.19. The molecule has 10 heteroatoms. The van der Waals surface area contributed by atoms with Crippen LogP contribution in [-0.2, 0) is 14.6 Å². The molecule has 0 aliphatic carbocycles. The Labute approximate surface area is 163 Å². The molecule has 1 heterocycles.